The molecule has 0 bridgehead atoms. The van der Waals surface area contributed by atoms with E-state index in [-0.39, 0.29) is 30.8 Å². The number of nitrogens with zero attached hydrogens (tertiary/aromatic N) is 2. The molecule has 0 saturated heterocycles. The average Bonchev–Trinajstić information content (AvgIpc) is 2.88. The van der Waals surface area contributed by atoms with E-state index in [1.165, 1.54) is 9.80 Å². The summed E-state index contributed by atoms with van der Waals surface area (Å²) in [6, 6.07) is 5.19. The number of terminal acetylenes is 1. The molecule has 0 fully saturated rings. The molecule has 2 aliphatic heterocycles. The highest BCUT2D eigenvalue weighted by Gasteiger charge is 2.40. The Morgan fingerprint density at radius 1 is 1.08 bits per heavy atom. The van der Waals surface area contributed by atoms with Crippen molar-refractivity contribution < 1.29 is 14.4 Å². The van der Waals surface area contributed by atoms with Crippen LogP contribution in [0.25, 0.3) is 0 Å². The quantitative estimate of drug-likeness (QED) is 0.661. The number of benzene rings is 1. The molecule has 3 aliphatic rings. The zero-order valence-electron chi connectivity index (χ0n) is 13.7. The van der Waals surface area contributed by atoms with Crippen molar-refractivity contribution in [1.82, 2.24) is 0 Å². The number of carbonyl (C=O) groups is 3. The van der Waals surface area contributed by atoms with E-state index < -0.39 is 0 Å². The molecule has 1 aromatic carbocycles. The number of amides is 3. The van der Waals surface area contributed by atoms with Crippen molar-refractivity contribution in [2.75, 3.05) is 28.2 Å². The van der Waals surface area contributed by atoms with E-state index in [4.69, 9.17) is 6.42 Å². The van der Waals surface area contributed by atoms with Gasteiger partial charge in [-0.15, -0.1) is 6.42 Å². The second-order valence-electron chi connectivity index (χ2n) is 6.35. The van der Waals surface area contributed by atoms with Crippen molar-refractivity contribution in [2.45, 2.75) is 25.7 Å². The van der Waals surface area contributed by atoms with Crippen molar-refractivity contribution in [2.24, 2.45) is 0 Å². The van der Waals surface area contributed by atoms with Crippen LogP contribution in [0.3, 0.4) is 0 Å². The number of anilines is 3. The maximum absolute atomic E-state index is 12.7. The topological polar surface area (TPSA) is 69.7 Å². The van der Waals surface area contributed by atoms with Gasteiger partial charge in [0.2, 0.25) is 5.91 Å². The predicted molar refractivity (Wildman–Crippen MR) is 94.1 cm³/mol. The van der Waals surface area contributed by atoms with Crippen LogP contribution in [0.1, 0.15) is 25.7 Å². The van der Waals surface area contributed by atoms with Crippen molar-refractivity contribution in [3.05, 3.63) is 29.3 Å². The second kappa shape index (κ2) is 5.78. The summed E-state index contributed by atoms with van der Waals surface area (Å²) >= 11 is 0. The number of rotatable bonds is 2. The highest BCUT2D eigenvalue weighted by Crippen LogP contribution is 2.39. The van der Waals surface area contributed by atoms with Gasteiger partial charge in [-0.3, -0.25) is 19.3 Å². The van der Waals surface area contributed by atoms with E-state index in [0.717, 1.165) is 18.5 Å². The molecular formula is C19H17N3O3. The van der Waals surface area contributed by atoms with Crippen LogP contribution in [-0.4, -0.2) is 30.8 Å². The van der Waals surface area contributed by atoms with Crippen LogP contribution in [0, 0.1) is 12.3 Å². The Morgan fingerprint density at radius 3 is 2.40 bits per heavy atom. The first kappa shape index (κ1) is 15.5. The summed E-state index contributed by atoms with van der Waals surface area (Å²) in [6.07, 6.45) is 8.56. The third-order valence-corrected chi connectivity index (χ3v) is 4.90. The fourth-order valence-corrected chi connectivity index (χ4v) is 3.67. The molecule has 1 N–H and O–H groups in total. The zero-order chi connectivity index (χ0) is 17.6. The van der Waals surface area contributed by atoms with Gasteiger partial charge in [0, 0.05) is 11.1 Å². The van der Waals surface area contributed by atoms with E-state index in [1.807, 2.05) is 0 Å². The average molecular weight is 335 g/mol. The van der Waals surface area contributed by atoms with Gasteiger partial charge in [0.15, 0.2) is 0 Å². The molecule has 0 atom stereocenters. The van der Waals surface area contributed by atoms with Crippen LogP contribution < -0.4 is 15.1 Å². The normalized spacial score (nSPS) is 19.6. The molecule has 0 radical (unpaired) electrons. The van der Waals surface area contributed by atoms with Crippen LogP contribution in [0.4, 0.5) is 17.1 Å². The summed E-state index contributed by atoms with van der Waals surface area (Å²) < 4.78 is 0. The zero-order valence-corrected chi connectivity index (χ0v) is 13.7. The lowest BCUT2D eigenvalue weighted by atomic mass is 9.93. The number of fused-ring (bicyclic) bond motifs is 1. The van der Waals surface area contributed by atoms with Gasteiger partial charge in [-0.05, 0) is 43.9 Å². The summed E-state index contributed by atoms with van der Waals surface area (Å²) in [6.45, 7) is 0.319. The Morgan fingerprint density at radius 2 is 1.76 bits per heavy atom. The number of carbonyl (C=O) groups excluding carboxylic acids is 3. The molecular weight excluding hydrogens is 318 g/mol. The van der Waals surface area contributed by atoms with E-state index >= 15 is 0 Å². The largest absolute Gasteiger partial charge is 0.374 e. The molecule has 4 rings (SSSR count). The van der Waals surface area contributed by atoms with Gasteiger partial charge in [-0.1, -0.05) is 5.92 Å². The van der Waals surface area contributed by atoms with Gasteiger partial charge in [0.1, 0.15) is 0 Å². The first-order valence-electron chi connectivity index (χ1n) is 8.34. The summed E-state index contributed by atoms with van der Waals surface area (Å²) in [5, 5.41) is 3.03. The fourth-order valence-electron chi connectivity index (χ4n) is 3.67. The lowest BCUT2D eigenvalue weighted by Crippen LogP contribution is -2.40. The number of hydrogen-bond donors (Lipinski definition) is 1. The van der Waals surface area contributed by atoms with Crippen molar-refractivity contribution >= 4 is 34.8 Å². The van der Waals surface area contributed by atoms with Gasteiger partial charge < -0.3 is 5.32 Å². The highest BCUT2D eigenvalue weighted by molar-refractivity contribution is 6.33. The van der Waals surface area contributed by atoms with Crippen LogP contribution in [0.15, 0.2) is 29.3 Å². The molecule has 126 valence electrons. The molecule has 1 aliphatic carbocycles. The summed E-state index contributed by atoms with van der Waals surface area (Å²) in [4.78, 5) is 40.3. The first-order chi connectivity index (χ1) is 12.1. The minimum Gasteiger partial charge on any atom is -0.374 e. The Hall–Kier alpha value is -3.07. The third-order valence-electron chi connectivity index (χ3n) is 4.90. The molecule has 3 amide bonds. The molecule has 0 aromatic heterocycles. The maximum Gasteiger partial charge on any atom is 0.261 e. The fraction of sp³-hybridized carbons (Fsp3) is 0.316. The predicted octanol–water partition coefficient (Wildman–Crippen LogP) is 1.82. The summed E-state index contributed by atoms with van der Waals surface area (Å²) in [5.41, 5.74) is 3.11. The van der Waals surface area contributed by atoms with Crippen LogP contribution in [0.5, 0.6) is 0 Å². The van der Waals surface area contributed by atoms with E-state index in [1.54, 1.807) is 18.2 Å². The Labute approximate surface area is 145 Å². The minimum absolute atomic E-state index is 0.140. The SMILES string of the molecule is C#CCN1C(=O)CNc2ccc(N3C(=O)C4=C(CCCC4)C3=O)cc21. The molecule has 0 unspecified atom stereocenters. The lowest BCUT2D eigenvalue weighted by molar-refractivity contribution is -0.120. The monoisotopic (exact) mass is 335 g/mol. The van der Waals surface area contributed by atoms with E-state index in [2.05, 4.69) is 11.2 Å². The molecule has 6 heteroatoms. The van der Waals surface area contributed by atoms with Gasteiger partial charge in [-0.25, -0.2) is 4.90 Å². The Kier molecular flexibility index (Phi) is 3.57. The van der Waals surface area contributed by atoms with Crippen molar-refractivity contribution in [3.8, 4) is 12.3 Å². The third kappa shape index (κ3) is 2.31. The first-order valence-corrected chi connectivity index (χ1v) is 8.34. The standard InChI is InChI=1S/C19H17N3O3/c1-2-9-21-16-10-12(7-8-15(16)20-11-17(21)23)22-18(24)13-5-3-4-6-14(13)19(22)25/h1,7-8,10,20H,3-6,9,11H2. The van der Waals surface area contributed by atoms with E-state index in [9.17, 15) is 14.4 Å². The Bertz CT molecular complexity index is 850. The highest BCUT2D eigenvalue weighted by atomic mass is 16.2. The van der Waals surface area contributed by atoms with Crippen LogP contribution in [-0.2, 0) is 14.4 Å². The van der Waals surface area contributed by atoms with Crippen LogP contribution >= 0.6 is 0 Å². The van der Waals surface area contributed by atoms with Gasteiger partial charge in [0.05, 0.1) is 30.2 Å². The number of nitrogens with one attached hydrogen (secondary N) is 1. The van der Waals surface area contributed by atoms with Gasteiger partial charge >= 0.3 is 0 Å². The maximum atomic E-state index is 12.7. The van der Waals surface area contributed by atoms with Gasteiger partial charge in [0.25, 0.3) is 11.8 Å². The number of imide groups is 1. The molecule has 2 heterocycles. The molecule has 25 heavy (non-hydrogen) atoms. The summed E-state index contributed by atoms with van der Waals surface area (Å²) in [7, 11) is 0. The molecule has 6 nitrogen and oxygen atoms in total. The second-order valence-corrected chi connectivity index (χ2v) is 6.35. The summed E-state index contributed by atoms with van der Waals surface area (Å²) in [5.74, 6) is 1.86. The smallest absolute Gasteiger partial charge is 0.261 e. The lowest BCUT2D eigenvalue weighted by Gasteiger charge is -2.30. The Balaban J connectivity index is 1.74. The van der Waals surface area contributed by atoms with Crippen molar-refractivity contribution in [3.63, 3.8) is 0 Å². The molecule has 1 aromatic rings. The van der Waals surface area contributed by atoms with E-state index in [0.29, 0.717) is 35.4 Å². The van der Waals surface area contributed by atoms with Gasteiger partial charge in [-0.2, -0.15) is 0 Å². The van der Waals surface area contributed by atoms with Crippen LogP contribution in [0.2, 0.25) is 0 Å². The van der Waals surface area contributed by atoms with Crippen molar-refractivity contribution in [1.29, 1.82) is 0 Å². The minimum atomic E-state index is -0.238. The molecule has 0 saturated carbocycles. The molecule has 0 spiro atoms. The number of hydrogen-bond acceptors (Lipinski definition) is 4.